The van der Waals surface area contributed by atoms with E-state index in [1.807, 2.05) is 0 Å². The molecule has 0 fully saturated rings. The van der Waals surface area contributed by atoms with Crippen LogP contribution >= 0.6 is 23.2 Å². The zero-order chi connectivity index (χ0) is 6.73. The Bertz CT molecular complexity index is 95.3. The zero-order valence-electron chi connectivity index (χ0n) is 4.14. The summed E-state index contributed by atoms with van der Waals surface area (Å²) in [4.78, 5) is 0. The van der Waals surface area contributed by atoms with Crippen LogP contribution in [0.1, 0.15) is 6.92 Å². The van der Waals surface area contributed by atoms with Crippen molar-refractivity contribution in [3.05, 3.63) is 0 Å². The van der Waals surface area contributed by atoms with Gasteiger partial charge in [-0.3, -0.25) is 4.21 Å². The summed E-state index contributed by atoms with van der Waals surface area (Å²) in [5.74, 6) is 0. The van der Waals surface area contributed by atoms with Crippen LogP contribution in [0.15, 0.2) is 0 Å². The number of alkyl halides is 2. The molecule has 0 aromatic heterocycles. The quantitative estimate of drug-likeness (QED) is 0.466. The maximum absolute atomic E-state index is 9.92. The summed E-state index contributed by atoms with van der Waals surface area (Å²) in [6.45, 7) is 1.52. The van der Waals surface area contributed by atoms with Gasteiger partial charge in [0.05, 0.1) is 5.38 Å². The third-order valence-electron chi connectivity index (χ3n) is 0.545. The molecule has 0 aromatic rings. The molecule has 0 saturated carbocycles. The van der Waals surface area contributed by atoms with Crippen LogP contribution in [-0.2, 0) is 11.1 Å². The first-order valence-electron chi connectivity index (χ1n) is 1.92. The average molecular weight is 176 g/mol. The lowest BCUT2D eigenvalue weighted by molar-refractivity contribution is 0.532. The molecule has 8 heavy (non-hydrogen) atoms. The Kier molecular flexibility index (Phi) is 3.98. The molecule has 50 valence electrons. The highest BCUT2D eigenvalue weighted by atomic mass is 35.5. The first kappa shape index (κ1) is 8.69. The van der Waals surface area contributed by atoms with Crippen LogP contribution in [0.3, 0.4) is 0 Å². The summed E-state index contributed by atoms with van der Waals surface area (Å²) in [6.07, 6.45) is 0. The number of rotatable bonds is 2. The van der Waals surface area contributed by atoms with Crippen molar-refractivity contribution in [2.45, 2.75) is 17.0 Å². The van der Waals surface area contributed by atoms with Crippen molar-refractivity contribution >= 4 is 34.3 Å². The van der Waals surface area contributed by atoms with Crippen LogP contribution < -0.4 is 0 Å². The predicted molar refractivity (Wildman–Crippen MR) is 33.9 cm³/mol. The van der Waals surface area contributed by atoms with Gasteiger partial charge in [0.25, 0.3) is 0 Å². The van der Waals surface area contributed by atoms with Crippen LogP contribution in [0.25, 0.3) is 0 Å². The molecule has 0 heterocycles. The van der Waals surface area contributed by atoms with E-state index in [1.165, 1.54) is 6.92 Å². The van der Waals surface area contributed by atoms with Crippen molar-refractivity contribution in [1.29, 1.82) is 0 Å². The molecule has 2 nitrogen and oxygen atoms in total. The van der Waals surface area contributed by atoms with Gasteiger partial charge in [-0.25, -0.2) is 0 Å². The third-order valence-corrected chi connectivity index (χ3v) is 2.67. The minimum Gasteiger partial charge on any atom is -0.771 e. The van der Waals surface area contributed by atoms with E-state index in [4.69, 9.17) is 23.2 Å². The second-order valence-corrected chi connectivity index (χ2v) is 3.74. The number of hydrogen-bond donors (Lipinski definition) is 0. The van der Waals surface area contributed by atoms with E-state index in [1.54, 1.807) is 0 Å². The second-order valence-electron chi connectivity index (χ2n) is 1.29. The van der Waals surface area contributed by atoms with E-state index >= 15 is 0 Å². The van der Waals surface area contributed by atoms with Gasteiger partial charge in [-0.05, 0) is 18.0 Å². The van der Waals surface area contributed by atoms with Crippen LogP contribution in [0, 0.1) is 0 Å². The van der Waals surface area contributed by atoms with Crippen molar-refractivity contribution in [3.8, 4) is 0 Å². The maximum Gasteiger partial charge on any atom is 0.112 e. The third kappa shape index (κ3) is 2.87. The fraction of sp³-hybridized carbons (Fsp3) is 1.00. The second kappa shape index (κ2) is 3.67. The zero-order valence-corrected chi connectivity index (χ0v) is 6.46. The molecule has 0 saturated heterocycles. The van der Waals surface area contributed by atoms with Gasteiger partial charge in [-0.2, -0.15) is 0 Å². The van der Waals surface area contributed by atoms with Gasteiger partial charge in [0.1, 0.15) is 4.71 Å². The van der Waals surface area contributed by atoms with Crippen LogP contribution in [0.5, 0.6) is 0 Å². The molecule has 0 radical (unpaired) electrons. The minimum atomic E-state index is -2.26. The Morgan fingerprint density at radius 2 is 2.00 bits per heavy atom. The highest BCUT2D eigenvalue weighted by Crippen LogP contribution is 2.10. The lowest BCUT2D eigenvalue weighted by Crippen LogP contribution is -2.16. The van der Waals surface area contributed by atoms with E-state index in [9.17, 15) is 8.76 Å². The minimum absolute atomic E-state index is 0.532. The summed E-state index contributed by atoms with van der Waals surface area (Å²) >= 11 is 8.25. The standard InChI is InChI=1S/C3H6Cl2O2S/c1-2(4)3(5)8(6)7/h2-3H,1H3,(H,6,7)/p-1. The highest BCUT2D eigenvalue weighted by molar-refractivity contribution is 7.81. The van der Waals surface area contributed by atoms with E-state index in [0.717, 1.165) is 0 Å². The van der Waals surface area contributed by atoms with Crippen molar-refractivity contribution < 1.29 is 8.76 Å². The van der Waals surface area contributed by atoms with Crippen LogP contribution in [-0.4, -0.2) is 18.8 Å². The summed E-state index contributed by atoms with van der Waals surface area (Å²) in [5.41, 5.74) is 0. The van der Waals surface area contributed by atoms with Crippen LogP contribution in [0.4, 0.5) is 0 Å². The molecule has 0 aromatic carbocycles. The molecule has 0 amide bonds. The van der Waals surface area contributed by atoms with E-state index < -0.39 is 21.2 Å². The van der Waals surface area contributed by atoms with Gasteiger partial charge in [0.15, 0.2) is 0 Å². The fourth-order valence-corrected chi connectivity index (χ4v) is 0.711. The summed E-state index contributed by atoms with van der Waals surface area (Å²) in [7, 11) is 0. The lowest BCUT2D eigenvalue weighted by atomic mass is 10.6. The van der Waals surface area contributed by atoms with Gasteiger partial charge in [-0.15, -0.1) is 23.2 Å². The van der Waals surface area contributed by atoms with Crippen molar-refractivity contribution in [3.63, 3.8) is 0 Å². The molecule has 0 aliphatic rings. The first-order valence-corrected chi connectivity index (χ1v) is 3.93. The first-order chi connectivity index (χ1) is 3.55. The Morgan fingerprint density at radius 1 is 1.62 bits per heavy atom. The Labute approximate surface area is 60.5 Å². The average Bonchev–Trinajstić information content (AvgIpc) is 1.64. The predicted octanol–water partition coefficient (Wildman–Crippen LogP) is 1.06. The van der Waals surface area contributed by atoms with Gasteiger partial charge >= 0.3 is 0 Å². The summed E-state index contributed by atoms with van der Waals surface area (Å²) in [6, 6.07) is 0. The lowest BCUT2D eigenvalue weighted by Gasteiger charge is -2.13. The van der Waals surface area contributed by atoms with Crippen molar-refractivity contribution in [2.75, 3.05) is 0 Å². The Balaban J connectivity index is 3.64. The molecule has 3 atom stereocenters. The van der Waals surface area contributed by atoms with Gasteiger partial charge in [-0.1, -0.05) is 0 Å². The van der Waals surface area contributed by atoms with Crippen LogP contribution in [0.2, 0.25) is 0 Å². The largest absolute Gasteiger partial charge is 0.771 e. The van der Waals surface area contributed by atoms with Gasteiger partial charge < -0.3 is 4.55 Å². The molecule has 0 bridgehead atoms. The summed E-state index contributed by atoms with van der Waals surface area (Å²) in [5, 5.41) is -0.532. The molecule has 3 unspecified atom stereocenters. The molecule has 5 heteroatoms. The monoisotopic (exact) mass is 175 g/mol. The fourth-order valence-electron chi connectivity index (χ4n) is 0.153. The number of halogens is 2. The molecule has 0 aliphatic carbocycles. The van der Waals surface area contributed by atoms with Crippen molar-refractivity contribution in [1.82, 2.24) is 0 Å². The maximum atomic E-state index is 9.92. The molecule has 0 rings (SSSR count). The van der Waals surface area contributed by atoms with E-state index in [0.29, 0.717) is 0 Å². The van der Waals surface area contributed by atoms with Gasteiger partial charge in [0, 0.05) is 0 Å². The molecule has 0 spiro atoms. The van der Waals surface area contributed by atoms with Gasteiger partial charge in [0.2, 0.25) is 0 Å². The Morgan fingerprint density at radius 3 is 2.00 bits per heavy atom. The highest BCUT2D eigenvalue weighted by Gasteiger charge is 2.10. The summed E-state index contributed by atoms with van der Waals surface area (Å²) < 4.78 is 18.9. The SMILES string of the molecule is CC(Cl)C(Cl)S(=O)[O-]. The van der Waals surface area contributed by atoms with E-state index in [2.05, 4.69) is 0 Å². The molecule has 0 N–H and O–H groups in total. The Hall–Kier alpha value is 0.690. The normalized spacial score (nSPS) is 22.0. The van der Waals surface area contributed by atoms with E-state index in [-0.39, 0.29) is 0 Å². The van der Waals surface area contributed by atoms with Crippen molar-refractivity contribution in [2.24, 2.45) is 0 Å². The number of hydrogen-bond acceptors (Lipinski definition) is 2. The molecule has 0 aliphatic heterocycles. The topological polar surface area (TPSA) is 40.1 Å². The molecular weight excluding hydrogens is 171 g/mol. The smallest absolute Gasteiger partial charge is 0.112 e. The molecular formula is C3H5Cl2O2S-.